The van der Waals surface area contributed by atoms with Crippen LogP contribution in [0.1, 0.15) is 5.56 Å². The highest BCUT2D eigenvalue weighted by molar-refractivity contribution is 7.90. The van der Waals surface area contributed by atoms with E-state index in [-0.39, 0.29) is 11.3 Å². The zero-order chi connectivity index (χ0) is 11.6. The Balaban J connectivity index is 3.61. The Morgan fingerprint density at radius 3 is 2.47 bits per heavy atom. The van der Waals surface area contributed by atoms with Gasteiger partial charge in [0.25, 0.3) is 0 Å². The minimum Gasteiger partial charge on any atom is -0.495 e. The standard InChI is InChI=1S/C9H8FNO3S/c1-14-8-4-6(5-11)3-7(10)9(8)15(2,12)13/h3-4H,1-2H3. The fraction of sp³-hybridized carbons (Fsp3) is 0.222. The summed E-state index contributed by atoms with van der Waals surface area (Å²) in [4.78, 5) is -0.524. The molecule has 0 saturated heterocycles. The molecule has 80 valence electrons. The summed E-state index contributed by atoms with van der Waals surface area (Å²) < 4.78 is 40.6. The lowest BCUT2D eigenvalue weighted by Gasteiger charge is -2.07. The predicted molar refractivity (Wildman–Crippen MR) is 50.8 cm³/mol. The number of sulfone groups is 1. The van der Waals surface area contributed by atoms with Gasteiger partial charge in [0.05, 0.1) is 18.7 Å². The third-order valence-electron chi connectivity index (χ3n) is 1.73. The van der Waals surface area contributed by atoms with Crippen molar-refractivity contribution < 1.29 is 17.5 Å². The average Bonchev–Trinajstić information content (AvgIpc) is 2.14. The van der Waals surface area contributed by atoms with Crippen LogP contribution >= 0.6 is 0 Å². The number of hydrogen-bond donors (Lipinski definition) is 0. The Morgan fingerprint density at radius 1 is 1.47 bits per heavy atom. The second kappa shape index (κ2) is 3.87. The summed E-state index contributed by atoms with van der Waals surface area (Å²) in [7, 11) is -2.50. The molecule has 1 rings (SSSR count). The van der Waals surface area contributed by atoms with Crippen LogP contribution in [0.5, 0.6) is 5.75 Å². The maximum atomic E-state index is 13.4. The number of nitriles is 1. The van der Waals surface area contributed by atoms with Crippen LogP contribution in [-0.2, 0) is 9.84 Å². The minimum absolute atomic E-state index is 0.0109. The van der Waals surface area contributed by atoms with Crippen LogP contribution in [0.2, 0.25) is 0 Å². The molecule has 0 heterocycles. The highest BCUT2D eigenvalue weighted by Gasteiger charge is 2.20. The lowest BCUT2D eigenvalue weighted by Crippen LogP contribution is -2.04. The third kappa shape index (κ3) is 2.25. The minimum atomic E-state index is -3.71. The second-order valence-electron chi connectivity index (χ2n) is 2.87. The molecule has 0 fully saturated rings. The smallest absolute Gasteiger partial charge is 0.182 e. The van der Waals surface area contributed by atoms with Crippen molar-refractivity contribution in [1.29, 1.82) is 5.26 Å². The van der Waals surface area contributed by atoms with Gasteiger partial charge >= 0.3 is 0 Å². The molecule has 0 atom stereocenters. The molecule has 0 N–H and O–H groups in total. The van der Waals surface area contributed by atoms with Crippen molar-refractivity contribution in [3.05, 3.63) is 23.5 Å². The van der Waals surface area contributed by atoms with Gasteiger partial charge in [-0.15, -0.1) is 0 Å². The van der Waals surface area contributed by atoms with Crippen LogP contribution in [0, 0.1) is 17.1 Å². The lowest BCUT2D eigenvalue weighted by atomic mass is 10.2. The molecule has 0 aliphatic carbocycles. The van der Waals surface area contributed by atoms with Crippen LogP contribution in [0.25, 0.3) is 0 Å². The van der Waals surface area contributed by atoms with E-state index < -0.39 is 20.5 Å². The zero-order valence-corrected chi connectivity index (χ0v) is 8.93. The average molecular weight is 229 g/mol. The Kier molecular flexibility index (Phi) is 2.95. The Morgan fingerprint density at radius 2 is 2.07 bits per heavy atom. The van der Waals surface area contributed by atoms with Crippen molar-refractivity contribution in [2.24, 2.45) is 0 Å². The molecule has 0 aliphatic heterocycles. The highest BCUT2D eigenvalue weighted by atomic mass is 32.2. The van der Waals surface area contributed by atoms with Crippen molar-refractivity contribution >= 4 is 9.84 Å². The number of methoxy groups -OCH3 is 1. The number of nitrogens with zero attached hydrogens (tertiary/aromatic N) is 1. The van der Waals surface area contributed by atoms with Crippen LogP contribution in [0.3, 0.4) is 0 Å². The molecule has 0 radical (unpaired) electrons. The van der Waals surface area contributed by atoms with Crippen molar-refractivity contribution in [1.82, 2.24) is 0 Å². The van der Waals surface area contributed by atoms with Gasteiger partial charge in [-0.25, -0.2) is 12.8 Å². The van der Waals surface area contributed by atoms with E-state index in [9.17, 15) is 12.8 Å². The molecule has 0 saturated carbocycles. The number of halogens is 1. The number of benzene rings is 1. The molecule has 4 nitrogen and oxygen atoms in total. The van der Waals surface area contributed by atoms with E-state index >= 15 is 0 Å². The van der Waals surface area contributed by atoms with E-state index in [4.69, 9.17) is 10.00 Å². The Hall–Kier alpha value is -1.61. The van der Waals surface area contributed by atoms with Gasteiger partial charge in [0, 0.05) is 6.26 Å². The van der Waals surface area contributed by atoms with E-state index in [0.29, 0.717) is 0 Å². The highest BCUT2D eigenvalue weighted by Crippen LogP contribution is 2.27. The van der Waals surface area contributed by atoms with Crippen molar-refractivity contribution in [2.45, 2.75) is 4.90 Å². The maximum absolute atomic E-state index is 13.4. The first kappa shape index (κ1) is 11.5. The van der Waals surface area contributed by atoms with E-state index in [2.05, 4.69) is 0 Å². The Labute approximate surface area is 86.8 Å². The van der Waals surface area contributed by atoms with Gasteiger partial charge in [-0.05, 0) is 12.1 Å². The van der Waals surface area contributed by atoms with E-state index in [1.807, 2.05) is 0 Å². The molecular weight excluding hydrogens is 221 g/mol. The SMILES string of the molecule is COc1cc(C#N)cc(F)c1S(C)(=O)=O. The van der Waals surface area contributed by atoms with Gasteiger partial charge < -0.3 is 4.74 Å². The molecular formula is C9H8FNO3S. The summed E-state index contributed by atoms with van der Waals surface area (Å²) in [6.07, 6.45) is 0.875. The number of rotatable bonds is 2. The van der Waals surface area contributed by atoms with Crippen molar-refractivity contribution in [3.63, 3.8) is 0 Å². The normalized spacial score (nSPS) is 10.8. The summed E-state index contributed by atoms with van der Waals surface area (Å²) >= 11 is 0. The third-order valence-corrected chi connectivity index (χ3v) is 2.87. The van der Waals surface area contributed by atoms with Crippen molar-refractivity contribution in [2.75, 3.05) is 13.4 Å². The van der Waals surface area contributed by atoms with E-state index in [1.54, 1.807) is 6.07 Å². The van der Waals surface area contributed by atoms with Crippen LogP contribution in [0.4, 0.5) is 4.39 Å². The first-order valence-corrected chi connectivity index (χ1v) is 5.77. The first-order chi connectivity index (χ1) is 6.90. The predicted octanol–water partition coefficient (Wildman–Crippen LogP) is 1.11. The molecule has 0 aromatic heterocycles. The summed E-state index contributed by atoms with van der Waals surface area (Å²) in [6, 6.07) is 3.75. The van der Waals surface area contributed by atoms with Gasteiger partial charge in [0.2, 0.25) is 0 Å². The number of hydrogen-bond acceptors (Lipinski definition) is 4. The Bertz CT molecular complexity index is 531. The van der Waals surface area contributed by atoms with E-state index in [1.165, 1.54) is 13.2 Å². The monoisotopic (exact) mass is 229 g/mol. The van der Waals surface area contributed by atoms with Gasteiger partial charge in [0.1, 0.15) is 16.5 Å². The number of ether oxygens (including phenoxy) is 1. The van der Waals surface area contributed by atoms with Crippen LogP contribution in [-0.4, -0.2) is 21.8 Å². The molecule has 1 aromatic carbocycles. The van der Waals surface area contributed by atoms with Gasteiger partial charge in [-0.2, -0.15) is 5.26 Å². The molecule has 6 heteroatoms. The van der Waals surface area contributed by atoms with Gasteiger partial charge in [0.15, 0.2) is 9.84 Å². The molecule has 1 aromatic rings. The largest absolute Gasteiger partial charge is 0.495 e. The summed E-state index contributed by atoms with van der Waals surface area (Å²) in [6.45, 7) is 0. The van der Waals surface area contributed by atoms with Crippen molar-refractivity contribution in [3.8, 4) is 11.8 Å². The summed E-state index contributed by atoms with van der Waals surface area (Å²) in [5.74, 6) is -1.14. The topological polar surface area (TPSA) is 67.2 Å². The fourth-order valence-corrected chi connectivity index (χ4v) is 2.07. The van der Waals surface area contributed by atoms with Gasteiger partial charge in [-0.3, -0.25) is 0 Å². The molecule has 0 bridgehead atoms. The zero-order valence-electron chi connectivity index (χ0n) is 8.11. The lowest BCUT2D eigenvalue weighted by molar-refractivity contribution is 0.395. The first-order valence-electron chi connectivity index (χ1n) is 3.88. The molecule has 0 spiro atoms. The fourth-order valence-electron chi connectivity index (χ4n) is 1.14. The molecule has 0 amide bonds. The molecule has 15 heavy (non-hydrogen) atoms. The van der Waals surface area contributed by atoms with Gasteiger partial charge in [-0.1, -0.05) is 0 Å². The summed E-state index contributed by atoms with van der Waals surface area (Å²) in [5, 5.41) is 8.55. The van der Waals surface area contributed by atoms with Crippen LogP contribution in [0.15, 0.2) is 17.0 Å². The van der Waals surface area contributed by atoms with E-state index in [0.717, 1.165) is 12.3 Å². The van der Waals surface area contributed by atoms with Crippen LogP contribution < -0.4 is 4.74 Å². The molecule has 0 unspecified atom stereocenters. The quantitative estimate of drug-likeness (QED) is 0.761. The second-order valence-corrected chi connectivity index (χ2v) is 4.83. The molecule has 0 aliphatic rings. The maximum Gasteiger partial charge on any atom is 0.182 e. The summed E-state index contributed by atoms with van der Waals surface area (Å²) in [5.41, 5.74) is 0.0109.